The number of nitrogens with one attached hydrogen (secondary N) is 1. The Labute approximate surface area is 118 Å². The molecule has 20 heavy (non-hydrogen) atoms. The van der Waals surface area contributed by atoms with Gasteiger partial charge in [0.25, 0.3) is 0 Å². The number of hydrogen-bond acceptors (Lipinski definition) is 5. The van der Waals surface area contributed by atoms with Gasteiger partial charge in [-0.05, 0) is 13.3 Å². The van der Waals surface area contributed by atoms with Crippen LogP contribution in [0.4, 0.5) is 5.82 Å². The highest BCUT2D eigenvalue weighted by Gasteiger charge is 2.39. The van der Waals surface area contributed by atoms with Crippen molar-refractivity contribution < 1.29 is 13.2 Å². The molecule has 2 rings (SSSR count). The predicted molar refractivity (Wildman–Crippen MR) is 73.3 cm³/mol. The van der Waals surface area contributed by atoms with E-state index in [1.165, 1.54) is 15.2 Å². The summed E-state index contributed by atoms with van der Waals surface area (Å²) < 4.78 is 28.0. The molecule has 0 radical (unpaired) electrons. The molecule has 1 fully saturated rings. The Kier molecular flexibility index (Phi) is 4.00. The second kappa shape index (κ2) is 5.41. The van der Waals surface area contributed by atoms with E-state index in [0.717, 1.165) is 0 Å². The lowest BCUT2D eigenvalue weighted by Crippen LogP contribution is -2.56. The monoisotopic (exact) mass is 301 g/mol. The van der Waals surface area contributed by atoms with Gasteiger partial charge in [-0.1, -0.05) is 6.92 Å². The average molecular weight is 301 g/mol. The molecule has 1 aliphatic rings. The normalized spacial score (nSPS) is 20.9. The number of sulfonamides is 1. The van der Waals surface area contributed by atoms with Crippen LogP contribution < -0.4 is 11.1 Å². The second-order valence-corrected chi connectivity index (χ2v) is 6.42. The number of carbonyl (C=O) groups is 1. The van der Waals surface area contributed by atoms with Crippen LogP contribution in [0.15, 0.2) is 11.1 Å². The fourth-order valence-electron chi connectivity index (χ4n) is 2.28. The quantitative estimate of drug-likeness (QED) is 0.770. The molecule has 1 unspecified atom stereocenters. The summed E-state index contributed by atoms with van der Waals surface area (Å²) >= 11 is 0. The van der Waals surface area contributed by atoms with Crippen LogP contribution in [0.25, 0.3) is 0 Å². The lowest BCUT2D eigenvalue weighted by Gasteiger charge is -2.33. The summed E-state index contributed by atoms with van der Waals surface area (Å²) in [7, 11) is -3.81. The standard InChI is InChI=1S/C11H19N5O3S/c1-3-8-11(17)13-5-6-16(8)20(18,19)9-7-15(4-2)14-10(9)12/h7-8H,3-6H2,1-2H3,(H2,12,14)(H,13,17). The third kappa shape index (κ3) is 2.38. The summed E-state index contributed by atoms with van der Waals surface area (Å²) in [6, 6.07) is -0.696. The number of rotatable bonds is 4. The third-order valence-corrected chi connectivity index (χ3v) is 5.26. The summed E-state index contributed by atoms with van der Waals surface area (Å²) in [5.74, 6) is -0.309. The number of aryl methyl sites for hydroxylation is 1. The Bertz CT molecular complexity index is 610. The van der Waals surface area contributed by atoms with E-state index >= 15 is 0 Å². The number of nitrogen functional groups attached to an aromatic ring is 1. The highest BCUT2D eigenvalue weighted by molar-refractivity contribution is 7.89. The summed E-state index contributed by atoms with van der Waals surface area (Å²) in [5.41, 5.74) is 5.69. The third-order valence-electron chi connectivity index (χ3n) is 3.33. The summed E-state index contributed by atoms with van der Waals surface area (Å²) in [6.45, 7) is 4.68. The number of hydrogen-bond donors (Lipinski definition) is 2. The smallest absolute Gasteiger partial charge is 0.249 e. The number of nitrogens with two attached hydrogens (primary N) is 1. The maximum Gasteiger partial charge on any atom is 0.249 e. The van der Waals surface area contributed by atoms with Gasteiger partial charge in [0.15, 0.2) is 5.82 Å². The van der Waals surface area contributed by atoms with E-state index < -0.39 is 16.1 Å². The van der Waals surface area contributed by atoms with Gasteiger partial charge in [0.1, 0.15) is 10.9 Å². The molecule has 1 aliphatic heterocycles. The van der Waals surface area contributed by atoms with Crippen molar-refractivity contribution in [2.75, 3.05) is 18.8 Å². The highest BCUT2D eigenvalue weighted by Crippen LogP contribution is 2.25. The first kappa shape index (κ1) is 14.8. The first-order chi connectivity index (χ1) is 9.41. The van der Waals surface area contributed by atoms with Crippen molar-refractivity contribution in [1.29, 1.82) is 0 Å². The van der Waals surface area contributed by atoms with E-state index in [-0.39, 0.29) is 23.2 Å². The molecule has 8 nitrogen and oxygen atoms in total. The van der Waals surface area contributed by atoms with Gasteiger partial charge in [-0.2, -0.15) is 9.40 Å². The Morgan fingerprint density at radius 3 is 2.75 bits per heavy atom. The van der Waals surface area contributed by atoms with Crippen molar-refractivity contribution in [3.63, 3.8) is 0 Å². The van der Waals surface area contributed by atoms with E-state index in [1.54, 1.807) is 6.92 Å². The van der Waals surface area contributed by atoms with Gasteiger partial charge < -0.3 is 11.1 Å². The Morgan fingerprint density at radius 2 is 2.20 bits per heavy atom. The second-order valence-electron chi connectivity index (χ2n) is 4.57. The average Bonchev–Trinajstić information content (AvgIpc) is 2.80. The fourth-order valence-corrected chi connectivity index (χ4v) is 4.00. The van der Waals surface area contributed by atoms with Crippen LogP contribution >= 0.6 is 0 Å². The topological polar surface area (TPSA) is 110 Å². The Balaban J connectivity index is 2.42. The largest absolute Gasteiger partial charge is 0.381 e. The predicted octanol–water partition coefficient (Wildman–Crippen LogP) is -0.616. The summed E-state index contributed by atoms with van der Waals surface area (Å²) in [5, 5.41) is 6.62. The molecule has 0 spiro atoms. The SMILES string of the molecule is CCC1C(=O)NCCN1S(=O)(=O)c1cn(CC)nc1N. The van der Waals surface area contributed by atoms with Crippen molar-refractivity contribution >= 4 is 21.7 Å². The molecule has 1 saturated heterocycles. The molecule has 0 bridgehead atoms. The molecule has 0 aliphatic carbocycles. The molecule has 1 aromatic heterocycles. The Morgan fingerprint density at radius 1 is 1.50 bits per heavy atom. The van der Waals surface area contributed by atoms with Gasteiger partial charge in [-0.3, -0.25) is 9.48 Å². The van der Waals surface area contributed by atoms with Crippen molar-refractivity contribution in [3.8, 4) is 0 Å². The van der Waals surface area contributed by atoms with Crippen molar-refractivity contribution in [3.05, 3.63) is 6.20 Å². The lowest BCUT2D eigenvalue weighted by atomic mass is 10.2. The maximum absolute atomic E-state index is 12.7. The molecule has 1 aromatic rings. The number of amides is 1. The molecule has 9 heteroatoms. The molecular weight excluding hydrogens is 282 g/mol. The first-order valence-electron chi connectivity index (χ1n) is 6.54. The van der Waals surface area contributed by atoms with E-state index in [1.807, 2.05) is 6.92 Å². The van der Waals surface area contributed by atoms with Crippen LogP contribution in [0.2, 0.25) is 0 Å². The zero-order valence-corrected chi connectivity index (χ0v) is 12.4. The molecule has 3 N–H and O–H groups in total. The van der Waals surface area contributed by atoms with Gasteiger partial charge >= 0.3 is 0 Å². The molecule has 1 amide bonds. The molecular formula is C11H19N5O3S. The molecule has 1 atom stereocenters. The van der Waals surface area contributed by atoms with Gasteiger partial charge in [0, 0.05) is 25.8 Å². The minimum Gasteiger partial charge on any atom is -0.381 e. The van der Waals surface area contributed by atoms with Crippen LogP contribution in [-0.2, 0) is 21.4 Å². The fraction of sp³-hybridized carbons (Fsp3) is 0.636. The van der Waals surface area contributed by atoms with Gasteiger partial charge in [-0.25, -0.2) is 8.42 Å². The highest BCUT2D eigenvalue weighted by atomic mass is 32.2. The Hall–Kier alpha value is -1.61. The van der Waals surface area contributed by atoms with Crippen LogP contribution in [0, 0.1) is 0 Å². The van der Waals surface area contributed by atoms with Gasteiger partial charge in [0.05, 0.1) is 0 Å². The van der Waals surface area contributed by atoms with Crippen LogP contribution in [0.5, 0.6) is 0 Å². The molecule has 112 valence electrons. The number of nitrogens with zero attached hydrogens (tertiary/aromatic N) is 3. The summed E-state index contributed by atoms with van der Waals surface area (Å²) in [4.78, 5) is 11.8. The lowest BCUT2D eigenvalue weighted by molar-refractivity contribution is -0.126. The van der Waals surface area contributed by atoms with Gasteiger partial charge in [0.2, 0.25) is 15.9 Å². The zero-order valence-electron chi connectivity index (χ0n) is 11.5. The van der Waals surface area contributed by atoms with E-state index in [9.17, 15) is 13.2 Å². The zero-order chi connectivity index (χ0) is 14.9. The van der Waals surface area contributed by atoms with Gasteiger partial charge in [-0.15, -0.1) is 0 Å². The minimum atomic E-state index is -3.81. The maximum atomic E-state index is 12.7. The number of piperazine rings is 1. The number of aromatic nitrogens is 2. The van der Waals surface area contributed by atoms with E-state index in [2.05, 4.69) is 10.4 Å². The number of anilines is 1. The molecule has 0 aromatic carbocycles. The molecule has 2 heterocycles. The van der Waals surface area contributed by atoms with E-state index in [4.69, 9.17) is 5.73 Å². The summed E-state index contributed by atoms with van der Waals surface area (Å²) in [6.07, 6.45) is 1.82. The van der Waals surface area contributed by atoms with Crippen LogP contribution in [0.1, 0.15) is 20.3 Å². The minimum absolute atomic E-state index is 0.0346. The van der Waals surface area contributed by atoms with Crippen LogP contribution in [-0.4, -0.2) is 47.5 Å². The number of carbonyl (C=O) groups excluding carboxylic acids is 1. The van der Waals surface area contributed by atoms with Crippen molar-refractivity contribution in [2.45, 2.75) is 37.8 Å². The first-order valence-corrected chi connectivity index (χ1v) is 7.98. The molecule has 0 saturated carbocycles. The van der Waals surface area contributed by atoms with Crippen molar-refractivity contribution in [1.82, 2.24) is 19.4 Å². The van der Waals surface area contributed by atoms with E-state index in [0.29, 0.717) is 19.5 Å². The van der Waals surface area contributed by atoms with Crippen LogP contribution in [0.3, 0.4) is 0 Å². The van der Waals surface area contributed by atoms with Crippen molar-refractivity contribution in [2.24, 2.45) is 0 Å².